The molecule has 0 aliphatic heterocycles. The van der Waals surface area contributed by atoms with Crippen molar-refractivity contribution in [1.82, 2.24) is 4.90 Å². The molecule has 0 aromatic carbocycles. The summed E-state index contributed by atoms with van der Waals surface area (Å²) in [6.07, 6.45) is -0.621. The number of rotatable bonds is 7. The van der Waals surface area contributed by atoms with Crippen molar-refractivity contribution >= 4 is 5.97 Å². The highest BCUT2D eigenvalue weighted by molar-refractivity contribution is 5.69. The Morgan fingerprint density at radius 1 is 1.62 bits per heavy atom. The molecule has 0 spiro atoms. The van der Waals surface area contributed by atoms with Crippen molar-refractivity contribution in [3.8, 4) is 0 Å². The summed E-state index contributed by atoms with van der Waals surface area (Å²) in [5.74, 6) is -0.883. The molecule has 78 valence electrons. The highest BCUT2D eigenvalue weighted by Crippen LogP contribution is 1.92. The Labute approximate surface area is 77.9 Å². The van der Waals surface area contributed by atoms with Crippen molar-refractivity contribution in [2.45, 2.75) is 13.0 Å². The standard InChI is InChI=1S/C8H17NO4/c1-3-9(5-8(11)12)4-7(10)6-13-2/h7,10H,3-6H2,1-2H3,(H,11,12). The highest BCUT2D eigenvalue weighted by Gasteiger charge is 2.12. The second-order valence-electron chi connectivity index (χ2n) is 2.83. The topological polar surface area (TPSA) is 70.0 Å². The number of methoxy groups -OCH3 is 1. The highest BCUT2D eigenvalue weighted by atomic mass is 16.5. The molecule has 0 saturated heterocycles. The Balaban J connectivity index is 3.75. The largest absolute Gasteiger partial charge is 0.480 e. The van der Waals surface area contributed by atoms with Crippen LogP contribution in [0.1, 0.15) is 6.92 Å². The Bertz CT molecular complexity index is 151. The van der Waals surface area contributed by atoms with Gasteiger partial charge >= 0.3 is 5.97 Å². The number of nitrogens with zero attached hydrogens (tertiary/aromatic N) is 1. The normalized spacial score (nSPS) is 13.2. The Morgan fingerprint density at radius 3 is 2.62 bits per heavy atom. The van der Waals surface area contributed by atoms with Crippen molar-refractivity contribution in [3.05, 3.63) is 0 Å². The summed E-state index contributed by atoms with van der Waals surface area (Å²) >= 11 is 0. The number of hydrogen-bond donors (Lipinski definition) is 2. The lowest BCUT2D eigenvalue weighted by Gasteiger charge is -2.20. The summed E-state index contributed by atoms with van der Waals surface area (Å²) in [5, 5.41) is 17.8. The number of likely N-dealkylation sites (N-methyl/N-ethyl adjacent to an activating group) is 1. The number of aliphatic hydroxyl groups excluding tert-OH is 1. The van der Waals surface area contributed by atoms with Crippen LogP contribution in [-0.2, 0) is 9.53 Å². The van der Waals surface area contributed by atoms with Gasteiger partial charge in [-0.25, -0.2) is 0 Å². The molecule has 0 bridgehead atoms. The van der Waals surface area contributed by atoms with Crippen LogP contribution >= 0.6 is 0 Å². The van der Waals surface area contributed by atoms with Crippen molar-refractivity contribution in [3.63, 3.8) is 0 Å². The SMILES string of the molecule is CCN(CC(=O)O)CC(O)COC. The van der Waals surface area contributed by atoms with Crippen molar-refractivity contribution in [1.29, 1.82) is 0 Å². The second kappa shape index (κ2) is 6.82. The van der Waals surface area contributed by atoms with E-state index >= 15 is 0 Å². The number of carboxylic acid groups (broad SMARTS) is 1. The minimum Gasteiger partial charge on any atom is -0.480 e. The third-order valence-electron chi connectivity index (χ3n) is 1.63. The summed E-state index contributed by atoms with van der Waals surface area (Å²) in [4.78, 5) is 12.0. The fraction of sp³-hybridized carbons (Fsp3) is 0.875. The van der Waals surface area contributed by atoms with Gasteiger partial charge in [-0.2, -0.15) is 0 Å². The molecule has 0 aliphatic rings. The maximum Gasteiger partial charge on any atom is 0.317 e. The molecule has 0 aliphatic carbocycles. The first-order chi connectivity index (χ1) is 6.10. The van der Waals surface area contributed by atoms with Gasteiger partial charge in [0, 0.05) is 13.7 Å². The summed E-state index contributed by atoms with van der Waals surface area (Å²) in [6, 6.07) is 0. The summed E-state index contributed by atoms with van der Waals surface area (Å²) in [6.45, 7) is 2.97. The lowest BCUT2D eigenvalue weighted by Crippen LogP contribution is -2.37. The van der Waals surface area contributed by atoms with Crippen LogP contribution in [0.15, 0.2) is 0 Å². The van der Waals surface area contributed by atoms with Crippen LogP contribution in [0, 0.1) is 0 Å². The van der Waals surface area contributed by atoms with Gasteiger partial charge in [0.25, 0.3) is 0 Å². The fourth-order valence-corrected chi connectivity index (χ4v) is 1.04. The van der Waals surface area contributed by atoms with Crippen LogP contribution in [0.3, 0.4) is 0 Å². The summed E-state index contributed by atoms with van der Waals surface area (Å²) in [5.41, 5.74) is 0. The molecule has 0 heterocycles. The smallest absolute Gasteiger partial charge is 0.317 e. The quantitative estimate of drug-likeness (QED) is 0.562. The molecule has 1 atom stereocenters. The van der Waals surface area contributed by atoms with Gasteiger partial charge in [0.05, 0.1) is 19.3 Å². The third-order valence-corrected chi connectivity index (χ3v) is 1.63. The molecular formula is C8H17NO4. The van der Waals surface area contributed by atoms with Crippen LogP contribution in [0.25, 0.3) is 0 Å². The third kappa shape index (κ3) is 6.51. The maximum absolute atomic E-state index is 10.4. The van der Waals surface area contributed by atoms with E-state index in [1.54, 1.807) is 4.90 Å². The number of hydrogen-bond acceptors (Lipinski definition) is 4. The molecule has 0 aromatic rings. The Kier molecular flexibility index (Phi) is 6.48. The van der Waals surface area contributed by atoms with Crippen LogP contribution in [0.4, 0.5) is 0 Å². The van der Waals surface area contributed by atoms with Crippen LogP contribution in [-0.4, -0.2) is 60.5 Å². The molecule has 2 N–H and O–H groups in total. The van der Waals surface area contributed by atoms with E-state index in [0.29, 0.717) is 13.1 Å². The average Bonchev–Trinajstić information content (AvgIpc) is 2.02. The van der Waals surface area contributed by atoms with Gasteiger partial charge in [-0.1, -0.05) is 6.92 Å². The number of aliphatic hydroxyl groups is 1. The van der Waals surface area contributed by atoms with E-state index in [9.17, 15) is 9.90 Å². The van der Waals surface area contributed by atoms with Gasteiger partial charge in [0.1, 0.15) is 0 Å². The zero-order valence-corrected chi connectivity index (χ0v) is 8.06. The molecule has 0 aromatic heterocycles. The number of carboxylic acids is 1. The summed E-state index contributed by atoms with van der Waals surface area (Å²) in [7, 11) is 1.50. The monoisotopic (exact) mass is 191 g/mol. The van der Waals surface area contributed by atoms with Gasteiger partial charge in [-0.3, -0.25) is 9.69 Å². The van der Waals surface area contributed by atoms with E-state index in [1.165, 1.54) is 7.11 Å². The van der Waals surface area contributed by atoms with E-state index in [1.807, 2.05) is 6.92 Å². The van der Waals surface area contributed by atoms with E-state index in [0.717, 1.165) is 0 Å². The molecule has 0 fully saturated rings. The Morgan fingerprint density at radius 2 is 2.23 bits per heavy atom. The number of ether oxygens (including phenoxy) is 1. The zero-order valence-electron chi connectivity index (χ0n) is 8.06. The molecule has 0 saturated carbocycles. The van der Waals surface area contributed by atoms with Gasteiger partial charge in [-0.15, -0.1) is 0 Å². The van der Waals surface area contributed by atoms with Crippen LogP contribution in [0.2, 0.25) is 0 Å². The maximum atomic E-state index is 10.4. The predicted molar refractivity (Wildman–Crippen MR) is 47.6 cm³/mol. The minimum absolute atomic E-state index is 0.0444. The average molecular weight is 191 g/mol. The second-order valence-corrected chi connectivity index (χ2v) is 2.83. The molecule has 0 amide bonds. The lowest BCUT2D eigenvalue weighted by atomic mass is 10.3. The van der Waals surface area contributed by atoms with Crippen molar-refractivity contribution in [2.24, 2.45) is 0 Å². The van der Waals surface area contributed by atoms with Gasteiger partial charge in [0.2, 0.25) is 0 Å². The molecule has 5 nitrogen and oxygen atoms in total. The van der Waals surface area contributed by atoms with Crippen LogP contribution in [0.5, 0.6) is 0 Å². The van der Waals surface area contributed by atoms with E-state index < -0.39 is 12.1 Å². The van der Waals surface area contributed by atoms with Crippen molar-refractivity contribution < 1.29 is 19.7 Å². The first-order valence-electron chi connectivity index (χ1n) is 4.21. The first kappa shape index (κ1) is 12.3. The minimum atomic E-state index is -0.883. The first-order valence-corrected chi connectivity index (χ1v) is 4.21. The molecule has 1 unspecified atom stereocenters. The van der Waals surface area contributed by atoms with E-state index in [-0.39, 0.29) is 13.2 Å². The lowest BCUT2D eigenvalue weighted by molar-refractivity contribution is -0.138. The van der Waals surface area contributed by atoms with Gasteiger partial charge in [0.15, 0.2) is 0 Å². The van der Waals surface area contributed by atoms with E-state index in [2.05, 4.69) is 0 Å². The zero-order chi connectivity index (χ0) is 10.3. The molecular weight excluding hydrogens is 174 g/mol. The van der Waals surface area contributed by atoms with Crippen molar-refractivity contribution in [2.75, 3.05) is 33.4 Å². The fourth-order valence-electron chi connectivity index (χ4n) is 1.04. The van der Waals surface area contributed by atoms with Crippen LogP contribution < -0.4 is 0 Å². The Hall–Kier alpha value is -0.650. The summed E-state index contributed by atoms with van der Waals surface area (Å²) < 4.78 is 4.73. The van der Waals surface area contributed by atoms with Gasteiger partial charge in [-0.05, 0) is 6.54 Å². The predicted octanol–water partition coefficient (Wildman–Crippen LogP) is -0.600. The molecule has 5 heteroatoms. The van der Waals surface area contributed by atoms with E-state index in [4.69, 9.17) is 9.84 Å². The molecule has 0 radical (unpaired) electrons. The van der Waals surface area contributed by atoms with Gasteiger partial charge < -0.3 is 14.9 Å². The number of carbonyl (C=O) groups is 1. The molecule has 0 rings (SSSR count). The molecule has 13 heavy (non-hydrogen) atoms. The number of aliphatic carboxylic acids is 1.